The summed E-state index contributed by atoms with van der Waals surface area (Å²) in [6, 6.07) is 14.6. The molecule has 0 spiro atoms. The number of rotatable bonds is 7. The van der Waals surface area contributed by atoms with E-state index in [4.69, 9.17) is 14.6 Å². The van der Waals surface area contributed by atoms with Gasteiger partial charge in [-0.3, -0.25) is 4.79 Å². The molecule has 0 saturated heterocycles. The van der Waals surface area contributed by atoms with Gasteiger partial charge in [-0.15, -0.1) is 0 Å². The highest BCUT2D eigenvalue weighted by atomic mass is 19.1. The standard InChI is InChI=1S/C22H23FN4O2.CH2O2/c1-27(2,3)15-14-25-22(28)20-12-13-24-21(26-20)16-4-8-18(9-5-16)29-19-10-6-17(23)7-11-19;2-1-3/h4-13H,14-15H2,1-3H3;1H,(H,2,3). The largest absolute Gasteiger partial charge is 0.554 e. The maximum absolute atomic E-state index is 13.0. The molecule has 0 saturated carbocycles. The first-order chi connectivity index (χ1) is 15.2. The second-order valence-electron chi connectivity index (χ2n) is 7.71. The molecule has 0 aliphatic carbocycles. The molecule has 0 unspecified atom stereocenters. The Labute approximate surface area is 185 Å². The van der Waals surface area contributed by atoms with E-state index in [2.05, 4.69) is 36.4 Å². The summed E-state index contributed by atoms with van der Waals surface area (Å²) in [5.74, 6) is 1.07. The van der Waals surface area contributed by atoms with Crippen molar-refractivity contribution in [3.05, 3.63) is 72.3 Å². The number of carboxylic acid groups (broad SMARTS) is 1. The van der Waals surface area contributed by atoms with Crippen LogP contribution in [0.1, 0.15) is 10.5 Å². The molecular formula is C23H25FN4O4. The Morgan fingerprint density at radius 2 is 1.62 bits per heavy atom. The molecule has 0 radical (unpaired) electrons. The zero-order valence-electron chi connectivity index (χ0n) is 18.1. The smallest absolute Gasteiger partial charge is 0.270 e. The van der Waals surface area contributed by atoms with Crippen LogP contribution in [0, 0.1) is 5.82 Å². The lowest BCUT2D eigenvalue weighted by Crippen LogP contribution is -2.42. The Hall–Kier alpha value is -3.85. The van der Waals surface area contributed by atoms with Gasteiger partial charge < -0.3 is 24.4 Å². The Morgan fingerprint density at radius 1 is 1.06 bits per heavy atom. The van der Waals surface area contributed by atoms with Gasteiger partial charge >= 0.3 is 0 Å². The van der Waals surface area contributed by atoms with Crippen molar-refractivity contribution in [3.8, 4) is 22.9 Å². The van der Waals surface area contributed by atoms with E-state index in [-0.39, 0.29) is 11.7 Å². The zero-order chi connectivity index (χ0) is 23.6. The molecule has 8 nitrogen and oxygen atoms in total. The normalized spacial score (nSPS) is 10.5. The second kappa shape index (κ2) is 11.5. The van der Waals surface area contributed by atoms with Crippen molar-refractivity contribution in [2.45, 2.75) is 0 Å². The van der Waals surface area contributed by atoms with Gasteiger partial charge in [-0.05, 0) is 54.6 Å². The van der Waals surface area contributed by atoms with E-state index in [0.717, 1.165) is 16.6 Å². The van der Waals surface area contributed by atoms with Gasteiger partial charge in [0, 0.05) is 18.2 Å². The third-order valence-corrected chi connectivity index (χ3v) is 4.12. The molecule has 0 atom stereocenters. The molecule has 1 amide bonds. The Balaban J connectivity index is 0.00000114. The molecule has 0 aliphatic rings. The van der Waals surface area contributed by atoms with Crippen molar-refractivity contribution in [2.75, 3.05) is 34.2 Å². The third-order valence-electron chi connectivity index (χ3n) is 4.12. The number of carbonyl (C=O) groups excluding carboxylic acids is 2. The molecule has 1 heterocycles. The SMILES string of the molecule is C[N+](C)(C)CCNC(=O)c1ccnc(-c2ccc(Oc3ccc(F)cc3)cc2)n1.O=C[O-]. The monoisotopic (exact) mass is 440 g/mol. The number of nitrogens with zero attached hydrogens (tertiary/aromatic N) is 3. The molecule has 0 bridgehead atoms. The van der Waals surface area contributed by atoms with Crippen LogP contribution in [0.5, 0.6) is 11.5 Å². The summed E-state index contributed by atoms with van der Waals surface area (Å²) < 4.78 is 19.4. The Kier molecular flexibility index (Phi) is 8.79. The number of likely N-dealkylation sites (N-methyl/N-ethyl adjacent to an activating group) is 1. The number of nitrogens with one attached hydrogen (secondary N) is 1. The summed E-state index contributed by atoms with van der Waals surface area (Å²) in [6.07, 6.45) is 1.57. The fraction of sp³-hybridized carbons (Fsp3) is 0.217. The van der Waals surface area contributed by atoms with E-state index in [9.17, 15) is 9.18 Å². The van der Waals surface area contributed by atoms with E-state index < -0.39 is 6.47 Å². The predicted molar refractivity (Wildman–Crippen MR) is 115 cm³/mol. The summed E-state index contributed by atoms with van der Waals surface area (Å²) in [5.41, 5.74) is 1.08. The van der Waals surface area contributed by atoms with Crippen molar-refractivity contribution in [2.24, 2.45) is 0 Å². The molecule has 1 N–H and O–H groups in total. The lowest BCUT2D eigenvalue weighted by molar-refractivity contribution is -0.869. The van der Waals surface area contributed by atoms with Gasteiger partial charge in [-0.25, -0.2) is 14.4 Å². The zero-order valence-corrected chi connectivity index (χ0v) is 18.1. The molecule has 32 heavy (non-hydrogen) atoms. The van der Waals surface area contributed by atoms with Crippen LogP contribution >= 0.6 is 0 Å². The Bertz CT molecular complexity index is 1020. The highest BCUT2D eigenvalue weighted by Crippen LogP contribution is 2.24. The van der Waals surface area contributed by atoms with Crippen molar-refractivity contribution < 1.29 is 28.3 Å². The highest BCUT2D eigenvalue weighted by Gasteiger charge is 2.12. The van der Waals surface area contributed by atoms with E-state index in [1.807, 2.05) is 12.1 Å². The van der Waals surface area contributed by atoms with Gasteiger partial charge in [-0.2, -0.15) is 0 Å². The minimum Gasteiger partial charge on any atom is -0.554 e. The molecular weight excluding hydrogens is 415 g/mol. The predicted octanol–water partition coefficient (Wildman–Crippen LogP) is 1.88. The number of ether oxygens (including phenoxy) is 1. The molecule has 1 aromatic heterocycles. The topological polar surface area (TPSA) is 104 Å². The van der Waals surface area contributed by atoms with Crippen LogP contribution in [0.2, 0.25) is 0 Å². The lowest BCUT2D eigenvalue weighted by Gasteiger charge is -2.23. The maximum atomic E-state index is 13.0. The first kappa shape index (κ1) is 24.4. The third kappa shape index (κ3) is 8.11. The number of benzene rings is 2. The van der Waals surface area contributed by atoms with Crippen molar-refractivity contribution in [3.63, 3.8) is 0 Å². The van der Waals surface area contributed by atoms with Crippen LogP contribution < -0.4 is 15.2 Å². The molecule has 3 aromatic rings. The summed E-state index contributed by atoms with van der Waals surface area (Å²) in [5, 5.41) is 11.1. The number of aromatic nitrogens is 2. The Morgan fingerprint density at radius 3 is 2.19 bits per heavy atom. The maximum Gasteiger partial charge on any atom is 0.270 e. The van der Waals surface area contributed by atoms with Crippen LogP contribution in [-0.2, 0) is 4.79 Å². The van der Waals surface area contributed by atoms with Crippen molar-refractivity contribution >= 4 is 12.4 Å². The van der Waals surface area contributed by atoms with E-state index in [0.29, 0.717) is 29.6 Å². The fourth-order valence-electron chi connectivity index (χ4n) is 2.53. The van der Waals surface area contributed by atoms with E-state index >= 15 is 0 Å². The van der Waals surface area contributed by atoms with Crippen molar-refractivity contribution in [1.29, 1.82) is 0 Å². The van der Waals surface area contributed by atoms with E-state index in [1.165, 1.54) is 12.1 Å². The fourth-order valence-corrected chi connectivity index (χ4v) is 2.53. The van der Waals surface area contributed by atoms with Crippen LogP contribution in [0.25, 0.3) is 11.4 Å². The lowest BCUT2D eigenvalue weighted by atomic mass is 10.2. The van der Waals surface area contributed by atoms with Gasteiger partial charge in [0.15, 0.2) is 5.82 Å². The second-order valence-corrected chi connectivity index (χ2v) is 7.71. The molecule has 9 heteroatoms. The average Bonchev–Trinajstić information content (AvgIpc) is 2.76. The number of amides is 1. The van der Waals surface area contributed by atoms with Crippen LogP contribution in [0.4, 0.5) is 4.39 Å². The molecule has 3 rings (SSSR count). The van der Waals surface area contributed by atoms with Crippen LogP contribution in [-0.4, -0.2) is 61.1 Å². The number of halogens is 1. The summed E-state index contributed by atoms with van der Waals surface area (Å²) >= 11 is 0. The summed E-state index contributed by atoms with van der Waals surface area (Å²) in [7, 11) is 6.20. The quantitative estimate of drug-likeness (QED) is 0.444. The van der Waals surface area contributed by atoms with Gasteiger partial charge in [0.25, 0.3) is 5.91 Å². The van der Waals surface area contributed by atoms with Gasteiger partial charge in [0.05, 0.1) is 34.2 Å². The number of hydrogen-bond donors (Lipinski definition) is 1. The van der Waals surface area contributed by atoms with Crippen LogP contribution in [0.15, 0.2) is 60.8 Å². The van der Waals surface area contributed by atoms with Gasteiger partial charge in [-0.1, -0.05) is 0 Å². The number of quaternary nitrogens is 1. The minimum atomic E-state index is -0.500. The first-order valence-electron chi connectivity index (χ1n) is 9.73. The number of hydrogen-bond acceptors (Lipinski definition) is 6. The molecule has 0 fully saturated rings. The van der Waals surface area contributed by atoms with Crippen molar-refractivity contribution in [1.82, 2.24) is 15.3 Å². The highest BCUT2D eigenvalue weighted by molar-refractivity contribution is 5.92. The first-order valence-corrected chi connectivity index (χ1v) is 9.73. The molecule has 2 aromatic carbocycles. The molecule has 0 aliphatic heterocycles. The van der Waals surface area contributed by atoms with Gasteiger partial charge in [0.2, 0.25) is 0 Å². The van der Waals surface area contributed by atoms with Crippen LogP contribution in [0.3, 0.4) is 0 Å². The molecule has 168 valence electrons. The summed E-state index contributed by atoms with van der Waals surface area (Å²) in [6.45, 7) is 0.885. The average molecular weight is 440 g/mol. The summed E-state index contributed by atoms with van der Waals surface area (Å²) in [4.78, 5) is 29.2. The van der Waals surface area contributed by atoms with Gasteiger partial charge in [0.1, 0.15) is 23.0 Å². The number of carbonyl (C=O) groups is 2. The minimum absolute atomic E-state index is 0.224. The van der Waals surface area contributed by atoms with E-state index in [1.54, 1.807) is 36.5 Å².